The van der Waals surface area contributed by atoms with Crippen LogP contribution in [0.15, 0.2) is 24.3 Å². The molecule has 2 aliphatic rings. The van der Waals surface area contributed by atoms with Gasteiger partial charge in [-0.2, -0.15) is 4.68 Å². The Morgan fingerprint density at radius 1 is 1.23 bits per heavy atom. The van der Waals surface area contributed by atoms with Crippen LogP contribution in [0.2, 0.25) is 0 Å². The first-order chi connectivity index (χ1) is 12.3. The van der Waals surface area contributed by atoms with Gasteiger partial charge < -0.3 is 14.2 Å². The van der Waals surface area contributed by atoms with E-state index in [-0.39, 0.29) is 35.4 Å². The van der Waals surface area contributed by atoms with Gasteiger partial charge in [0.15, 0.2) is 5.78 Å². The van der Waals surface area contributed by atoms with Crippen molar-refractivity contribution < 1.29 is 32.2 Å². The van der Waals surface area contributed by atoms with E-state index in [0.717, 1.165) is 12.1 Å². The zero-order chi connectivity index (χ0) is 18.5. The topological polar surface area (TPSA) is 80.4 Å². The van der Waals surface area contributed by atoms with Gasteiger partial charge in [0, 0.05) is 6.42 Å². The molecule has 0 radical (unpaired) electrons. The highest BCUT2D eigenvalue weighted by Crippen LogP contribution is 2.32. The molecule has 1 aromatic carbocycles. The lowest BCUT2D eigenvalue weighted by Crippen LogP contribution is -2.37. The third kappa shape index (κ3) is 3.10. The lowest BCUT2D eigenvalue weighted by Gasteiger charge is -2.25. The van der Waals surface area contributed by atoms with Crippen LogP contribution in [0.3, 0.4) is 0 Å². The standard InChI is InChI=1S/C14H11F3N4O4S/c15-14(16,17)25-8-3-1-7(2-4-8)20-13(26)21(19-18-20)9-5-10(22)12-23-6-11(9)24-12/h1-4,9,11-12H,5-6H2/t9-,11-,12+/m1/s1. The molecular formula is C14H11F3N4O4S. The fourth-order valence-electron chi connectivity index (χ4n) is 2.88. The monoisotopic (exact) mass is 388 g/mol. The number of benzene rings is 1. The van der Waals surface area contributed by atoms with Crippen molar-refractivity contribution in [2.75, 3.05) is 6.61 Å². The highest BCUT2D eigenvalue weighted by molar-refractivity contribution is 7.71. The van der Waals surface area contributed by atoms with Crippen molar-refractivity contribution in [1.29, 1.82) is 0 Å². The molecule has 1 aromatic heterocycles. The average Bonchev–Trinajstić information content (AvgIpc) is 3.16. The van der Waals surface area contributed by atoms with Gasteiger partial charge in [0.1, 0.15) is 11.9 Å². The number of hydrogen-bond donors (Lipinski definition) is 0. The van der Waals surface area contributed by atoms with Crippen molar-refractivity contribution in [2.45, 2.75) is 31.2 Å². The number of Topliss-reactive ketones (excluding diaryl/α,β-unsaturated/α-hetero) is 1. The van der Waals surface area contributed by atoms with Crippen LogP contribution in [0.5, 0.6) is 5.75 Å². The molecule has 4 rings (SSSR count). The van der Waals surface area contributed by atoms with E-state index in [2.05, 4.69) is 15.2 Å². The second-order valence-corrected chi connectivity index (χ2v) is 6.10. The SMILES string of the molecule is O=C1C[C@@H](n2nnn(-c3ccc(OC(F)(F)F)cc3)c2=S)[C@H]2CO[C@H]1O2. The van der Waals surface area contributed by atoms with E-state index in [4.69, 9.17) is 21.7 Å². The maximum Gasteiger partial charge on any atom is 0.573 e. The molecule has 0 unspecified atom stereocenters. The summed E-state index contributed by atoms with van der Waals surface area (Å²) in [6.07, 6.45) is -5.81. The van der Waals surface area contributed by atoms with Crippen molar-refractivity contribution >= 4 is 18.0 Å². The van der Waals surface area contributed by atoms with Gasteiger partial charge in [-0.1, -0.05) is 0 Å². The lowest BCUT2D eigenvalue weighted by atomic mass is 10.0. The van der Waals surface area contributed by atoms with Crippen LogP contribution in [0.1, 0.15) is 12.5 Å². The predicted octanol–water partition coefficient (Wildman–Crippen LogP) is 1.95. The average molecular weight is 388 g/mol. The largest absolute Gasteiger partial charge is 0.573 e. The molecule has 3 heterocycles. The van der Waals surface area contributed by atoms with Gasteiger partial charge in [-0.15, -0.1) is 13.2 Å². The Kier molecular flexibility index (Phi) is 4.04. The van der Waals surface area contributed by atoms with Gasteiger partial charge >= 0.3 is 6.36 Å². The number of carbonyl (C=O) groups excluding carboxylic acids is 1. The molecule has 0 saturated carbocycles. The highest BCUT2D eigenvalue weighted by Gasteiger charge is 2.45. The molecule has 0 aliphatic carbocycles. The Bertz CT molecular complexity index is 895. The molecule has 26 heavy (non-hydrogen) atoms. The molecule has 2 saturated heterocycles. The minimum absolute atomic E-state index is 0.153. The van der Waals surface area contributed by atoms with E-state index >= 15 is 0 Å². The third-order valence-electron chi connectivity index (χ3n) is 4.04. The van der Waals surface area contributed by atoms with Crippen molar-refractivity contribution in [2.24, 2.45) is 0 Å². The van der Waals surface area contributed by atoms with E-state index in [9.17, 15) is 18.0 Å². The Labute approximate surface area is 149 Å². The summed E-state index contributed by atoms with van der Waals surface area (Å²) in [6.45, 7) is 0.249. The maximum absolute atomic E-state index is 12.2. The van der Waals surface area contributed by atoms with E-state index in [1.165, 1.54) is 21.5 Å². The van der Waals surface area contributed by atoms with Gasteiger partial charge in [0.25, 0.3) is 0 Å². The van der Waals surface area contributed by atoms with Crippen LogP contribution >= 0.6 is 12.2 Å². The van der Waals surface area contributed by atoms with E-state index in [1.54, 1.807) is 0 Å². The zero-order valence-corrected chi connectivity index (χ0v) is 13.7. The second-order valence-electron chi connectivity index (χ2n) is 5.74. The quantitative estimate of drug-likeness (QED) is 0.744. The summed E-state index contributed by atoms with van der Waals surface area (Å²) >= 11 is 5.34. The van der Waals surface area contributed by atoms with Gasteiger partial charge in [-0.3, -0.25) is 4.79 Å². The van der Waals surface area contributed by atoms with Crippen LogP contribution in [-0.4, -0.2) is 50.9 Å². The summed E-state index contributed by atoms with van der Waals surface area (Å²) in [7, 11) is 0. The minimum Gasteiger partial charge on any atom is -0.406 e. The molecule has 8 nitrogen and oxygen atoms in total. The number of alkyl halides is 3. The summed E-state index contributed by atoms with van der Waals surface area (Å²) in [5.74, 6) is -0.561. The van der Waals surface area contributed by atoms with Crippen LogP contribution in [0.25, 0.3) is 5.69 Å². The van der Waals surface area contributed by atoms with Crippen molar-refractivity contribution in [3.63, 3.8) is 0 Å². The first-order valence-electron chi connectivity index (χ1n) is 7.52. The number of hydrogen-bond acceptors (Lipinski definition) is 7. The van der Waals surface area contributed by atoms with Gasteiger partial charge in [-0.25, -0.2) is 4.68 Å². The predicted molar refractivity (Wildman–Crippen MR) is 80.1 cm³/mol. The highest BCUT2D eigenvalue weighted by atomic mass is 32.1. The zero-order valence-electron chi connectivity index (χ0n) is 12.9. The van der Waals surface area contributed by atoms with Crippen molar-refractivity contribution in [3.05, 3.63) is 29.0 Å². The number of halogens is 3. The molecule has 2 fully saturated rings. The Hall–Kier alpha value is -2.31. The summed E-state index contributed by atoms with van der Waals surface area (Å²) < 4.78 is 54.1. The summed E-state index contributed by atoms with van der Waals surface area (Å²) in [5.41, 5.74) is 0.402. The molecular weight excluding hydrogens is 377 g/mol. The van der Waals surface area contributed by atoms with Crippen molar-refractivity contribution in [1.82, 2.24) is 19.8 Å². The van der Waals surface area contributed by atoms with Crippen molar-refractivity contribution in [3.8, 4) is 11.4 Å². The molecule has 0 N–H and O–H groups in total. The second kappa shape index (κ2) is 6.14. The Balaban J connectivity index is 1.60. The van der Waals surface area contributed by atoms with E-state index in [0.29, 0.717) is 5.69 Å². The molecule has 2 bridgehead atoms. The molecule has 2 aliphatic heterocycles. The van der Waals surface area contributed by atoms with Crippen LogP contribution in [0.4, 0.5) is 13.2 Å². The number of tetrazole rings is 1. The van der Waals surface area contributed by atoms with Crippen LogP contribution in [0, 0.1) is 4.77 Å². The third-order valence-corrected chi connectivity index (χ3v) is 4.40. The van der Waals surface area contributed by atoms with Gasteiger partial charge in [0.05, 0.1) is 18.3 Å². The number of ether oxygens (including phenoxy) is 3. The smallest absolute Gasteiger partial charge is 0.406 e. The number of nitrogens with zero attached hydrogens (tertiary/aromatic N) is 4. The molecule has 2 aromatic rings. The molecule has 3 atom stereocenters. The van der Waals surface area contributed by atoms with Gasteiger partial charge in [0.2, 0.25) is 11.1 Å². The molecule has 0 amide bonds. The van der Waals surface area contributed by atoms with Gasteiger partial charge in [-0.05, 0) is 46.9 Å². The van der Waals surface area contributed by atoms with E-state index < -0.39 is 18.7 Å². The first kappa shape index (κ1) is 17.1. The number of fused-ring (bicyclic) bond motifs is 2. The lowest BCUT2D eigenvalue weighted by molar-refractivity contribution is -0.274. The normalized spacial score (nSPS) is 25.5. The number of ketones is 1. The molecule has 0 spiro atoms. The van der Waals surface area contributed by atoms with Crippen LogP contribution < -0.4 is 4.74 Å². The number of carbonyl (C=O) groups is 1. The molecule has 138 valence electrons. The summed E-state index contributed by atoms with van der Waals surface area (Å²) in [6, 6.07) is 4.58. The first-order valence-corrected chi connectivity index (χ1v) is 7.93. The molecule has 12 heteroatoms. The Morgan fingerprint density at radius 2 is 1.96 bits per heavy atom. The summed E-state index contributed by atoms with van der Waals surface area (Å²) in [5, 5.41) is 7.90. The fourth-order valence-corrected chi connectivity index (χ4v) is 3.20. The Morgan fingerprint density at radius 3 is 2.65 bits per heavy atom. The number of aromatic nitrogens is 4. The van der Waals surface area contributed by atoms with E-state index in [1.807, 2.05) is 0 Å². The fraction of sp³-hybridized carbons (Fsp3) is 0.429. The van der Waals surface area contributed by atoms with Crippen LogP contribution in [-0.2, 0) is 14.3 Å². The maximum atomic E-state index is 12.2. The minimum atomic E-state index is -4.77. The number of rotatable bonds is 3. The summed E-state index contributed by atoms with van der Waals surface area (Å²) in [4.78, 5) is 11.9.